The Labute approximate surface area is 157 Å². The van der Waals surface area contributed by atoms with Gasteiger partial charge in [0.2, 0.25) is 0 Å². The molecular weight excluding hydrogens is 346 g/mol. The van der Waals surface area contributed by atoms with Crippen LogP contribution >= 0.6 is 11.8 Å². The summed E-state index contributed by atoms with van der Waals surface area (Å²) < 4.78 is 5.44. The standard InChI is InChI=1S/C21H19NO3S/c1-22(15-21(23)24)11-8-19(17-9-13-26-14-10-17)16-4-6-18(7-5-16)20-3-2-12-25-20/h2-9,12-13,17H,11,15H2,1H3,(H,23,24)/b19-8-. The number of nitrogens with zero attached hydrogens (tertiary/aromatic N) is 1. The molecule has 1 aromatic carbocycles. The van der Waals surface area contributed by atoms with Gasteiger partial charge in [0.1, 0.15) is 5.76 Å². The van der Waals surface area contributed by atoms with E-state index >= 15 is 0 Å². The van der Waals surface area contributed by atoms with Crippen LogP contribution in [-0.2, 0) is 4.79 Å². The summed E-state index contributed by atoms with van der Waals surface area (Å²) in [5, 5.41) is 14.0. The molecule has 0 fully saturated rings. The third kappa shape index (κ3) is 4.69. The van der Waals surface area contributed by atoms with Crippen molar-refractivity contribution in [2.75, 3.05) is 20.1 Å². The quantitative estimate of drug-likeness (QED) is 0.746. The van der Waals surface area contributed by atoms with Crippen molar-refractivity contribution in [1.82, 2.24) is 4.90 Å². The fourth-order valence-corrected chi connectivity index (χ4v) is 3.22. The smallest absolute Gasteiger partial charge is 0.317 e. The molecule has 2 heterocycles. The second-order valence-electron chi connectivity index (χ2n) is 5.98. The SMILES string of the molecule is CN(C/C=C(/c1ccc(-c2ccco2)cc1)C1C#CSC=C1)CC(=O)O. The molecule has 2 aromatic rings. The maximum absolute atomic E-state index is 10.9. The first-order chi connectivity index (χ1) is 12.6. The van der Waals surface area contributed by atoms with Crippen LogP contribution in [0.25, 0.3) is 16.9 Å². The van der Waals surface area contributed by atoms with Crippen LogP contribution in [0.2, 0.25) is 0 Å². The molecule has 4 nitrogen and oxygen atoms in total. The third-order valence-corrected chi connectivity index (χ3v) is 4.53. The van der Waals surface area contributed by atoms with E-state index in [9.17, 15) is 4.79 Å². The highest BCUT2D eigenvalue weighted by molar-refractivity contribution is 8.06. The Hall–Kier alpha value is -2.68. The molecule has 26 heavy (non-hydrogen) atoms. The number of hydrogen-bond donors (Lipinski definition) is 1. The average Bonchev–Trinajstić information content (AvgIpc) is 3.17. The molecule has 1 aromatic heterocycles. The number of likely N-dealkylation sites (N-methyl/N-ethyl adjacent to an activating group) is 1. The monoisotopic (exact) mass is 365 g/mol. The van der Waals surface area contributed by atoms with Crippen molar-refractivity contribution >= 4 is 23.3 Å². The number of aliphatic carboxylic acids is 1. The van der Waals surface area contributed by atoms with E-state index in [4.69, 9.17) is 9.52 Å². The Morgan fingerprint density at radius 2 is 2.15 bits per heavy atom. The topological polar surface area (TPSA) is 53.7 Å². The molecule has 1 atom stereocenters. The summed E-state index contributed by atoms with van der Waals surface area (Å²) in [6.45, 7) is 0.546. The molecule has 1 unspecified atom stereocenters. The van der Waals surface area contributed by atoms with E-state index in [1.165, 1.54) is 11.8 Å². The number of furan rings is 1. The lowest BCUT2D eigenvalue weighted by atomic mass is 9.91. The van der Waals surface area contributed by atoms with Gasteiger partial charge in [0, 0.05) is 12.1 Å². The van der Waals surface area contributed by atoms with Gasteiger partial charge in [0.25, 0.3) is 0 Å². The van der Waals surface area contributed by atoms with Crippen LogP contribution in [0.15, 0.2) is 64.6 Å². The molecule has 1 aliphatic rings. The molecule has 0 saturated carbocycles. The summed E-state index contributed by atoms with van der Waals surface area (Å²) in [5.74, 6) is 3.23. The van der Waals surface area contributed by atoms with E-state index in [0.717, 1.165) is 22.5 Å². The Morgan fingerprint density at radius 3 is 2.77 bits per heavy atom. The van der Waals surface area contributed by atoms with E-state index in [-0.39, 0.29) is 12.5 Å². The molecule has 0 saturated heterocycles. The molecule has 0 radical (unpaired) electrons. The molecule has 0 aliphatic carbocycles. The maximum atomic E-state index is 10.9. The Kier molecular flexibility index (Phi) is 6.00. The number of thioether (sulfide) groups is 1. The molecule has 3 rings (SSSR count). The van der Waals surface area contributed by atoms with Crippen molar-refractivity contribution in [3.8, 4) is 22.5 Å². The van der Waals surface area contributed by atoms with Crippen LogP contribution < -0.4 is 0 Å². The van der Waals surface area contributed by atoms with Crippen LogP contribution in [0.5, 0.6) is 0 Å². The minimum Gasteiger partial charge on any atom is -0.480 e. The van der Waals surface area contributed by atoms with Gasteiger partial charge >= 0.3 is 5.97 Å². The predicted octanol–water partition coefficient (Wildman–Crippen LogP) is 4.18. The van der Waals surface area contributed by atoms with Gasteiger partial charge in [-0.2, -0.15) is 0 Å². The Morgan fingerprint density at radius 1 is 1.35 bits per heavy atom. The number of hydrogen-bond acceptors (Lipinski definition) is 4. The highest BCUT2D eigenvalue weighted by atomic mass is 32.2. The van der Waals surface area contributed by atoms with Gasteiger partial charge in [-0.05, 0) is 52.7 Å². The number of carboxylic acid groups (broad SMARTS) is 1. The maximum Gasteiger partial charge on any atom is 0.317 e. The van der Waals surface area contributed by atoms with Crippen molar-refractivity contribution in [2.45, 2.75) is 0 Å². The minimum atomic E-state index is -0.834. The molecule has 1 aliphatic heterocycles. The van der Waals surface area contributed by atoms with Crippen molar-refractivity contribution in [2.24, 2.45) is 5.92 Å². The summed E-state index contributed by atoms with van der Waals surface area (Å²) in [6.07, 6.45) is 5.79. The Balaban J connectivity index is 1.86. The number of carbonyl (C=O) groups is 1. The normalized spacial score (nSPS) is 16.4. The van der Waals surface area contributed by atoms with E-state index in [1.54, 1.807) is 18.2 Å². The lowest BCUT2D eigenvalue weighted by Crippen LogP contribution is -2.26. The van der Waals surface area contributed by atoms with Crippen LogP contribution in [0.4, 0.5) is 0 Å². The van der Waals surface area contributed by atoms with E-state index in [0.29, 0.717) is 6.54 Å². The first-order valence-electron chi connectivity index (χ1n) is 8.21. The number of benzene rings is 1. The van der Waals surface area contributed by atoms with Gasteiger partial charge in [0.15, 0.2) is 0 Å². The summed E-state index contributed by atoms with van der Waals surface area (Å²) in [4.78, 5) is 12.6. The van der Waals surface area contributed by atoms with Gasteiger partial charge in [-0.1, -0.05) is 42.3 Å². The Bertz CT molecular complexity index is 870. The lowest BCUT2D eigenvalue weighted by Gasteiger charge is -2.17. The van der Waals surface area contributed by atoms with E-state index in [2.05, 4.69) is 35.5 Å². The van der Waals surface area contributed by atoms with Crippen LogP contribution in [0, 0.1) is 17.1 Å². The third-order valence-electron chi connectivity index (χ3n) is 4.00. The summed E-state index contributed by atoms with van der Waals surface area (Å²) in [5.41, 5.74) is 3.17. The zero-order valence-corrected chi connectivity index (χ0v) is 15.2. The summed E-state index contributed by atoms with van der Waals surface area (Å²) in [7, 11) is 1.79. The van der Waals surface area contributed by atoms with Gasteiger partial charge in [-0.3, -0.25) is 9.69 Å². The molecule has 0 spiro atoms. The summed E-state index contributed by atoms with van der Waals surface area (Å²) >= 11 is 1.48. The number of carboxylic acids is 1. The van der Waals surface area contributed by atoms with Crippen molar-refractivity contribution < 1.29 is 14.3 Å². The molecule has 1 N–H and O–H groups in total. The van der Waals surface area contributed by atoms with Crippen LogP contribution in [0.3, 0.4) is 0 Å². The minimum absolute atomic E-state index is 0.00322. The largest absolute Gasteiger partial charge is 0.480 e. The van der Waals surface area contributed by atoms with Gasteiger partial charge in [0.05, 0.1) is 18.7 Å². The first kappa shape index (κ1) is 18.1. The van der Waals surface area contributed by atoms with Crippen molar-refractivity contribution in [3.63, 3.8) is 0 Å². The van der Waals surface area contributed by atoms with Gasteiger partial charge in [-0.25, -0.2) is 0 Å². The van der Waals surface area contributed by atoms with E-state index < -0.39 is 5.97 Å². The van der Waals surface area contributed by atoms with Crippen LogP contribution in [-0.4, -0.2) is 36.1 Å². The molecular formula is C21H19NO3S. The van der Waals surface area contributed by atoms with Crippen molar-refractivity contribution in [3.05, 3.63) is 65.8 Å². The molecule has 5 heteroatoms. The molecule has 132 valence electrons. The summed E-state index contributed by atoms with van der Waals surface area (Å²) in [6, 6.07) is 12.0. The highest BCUT2D eigenvalue weighted by Gasteiger charge is 2.14. The zero-order chi connectivity index (χ0) is 18.4. The molecule has 0 bridgehead atoms. The fraction of sp³-hybridized carbons (Fsp3) is 0.190. The predicted molar refractivity (Wildman–Crippen MR) is 105 cm³/mol. The second kappa shape index (κ2) is 8.61. The van der Waals surface area contributed by atoms with Crippen molar-refractivity contribution in [1.29, 1.82) is 0 Å². The number of allylic oxidation sites excluding steroid dienone is 2. The zero-order valence-electron chi connectivity index (χ0n) is 14.4. The van der Waals surface area contributed by atoms with E-state index in [1.807, 2.05) is 29.7 Å². The number of rotatable bonds is 7. The average molecular weight is 365 g/mol. The van der Waals surface area contributed by atoms with Gasteiger partial charge < -0.3 is 9.52 Å². The highest BCUT2D eigenvalue weighted by Crippen LogP contribution is 2.29. The van der Waals surface area contributed by atoms with Crippen LogP contribution in [0.1, 0.15) is 5.56 Å². The lowest BCUT2D eigenvalue weighted by molar-refractivity contribution is -0.137. The first-order valence-corrected chi connectivity index (χ1v) is 9.09. The van der Waals surface area contributed by atoms with Gasteiger partial charge in [-0.15, -0.1) is 0 Å². The second-order valence-corrected chi connectivity index (χ2v) is 6.69. The molecule has 0 amide bonds. The fourth-order valence-electron chi connectivity index (χ4n) is 2.72.